The minimum Gasteiger partial charge on any atom is -0.459 e. The molecule has 3 heteroatoms. The highest BCUT2D eigenvalue weighted by molar-refractivity contribution is 5.81. The molecule has 150 valence electrons. The number of hydrogen-bond acceptors (Lipinski definition) is 3. The van der Waals surface area contributed by atoms with Gasteiger partial charge in [-0.3, -0.25) is 0 Å². The number of esters is 1. The van der Waals surface area contributed by atoms with Crippen molar-refractivity contribution < 1.29 is 9.53 Å². The third kappa shape index (κ3) is 5.96. The van der Waals surface area contributed by atoms with Gasteiger partial charge in [-0.2, -0.15) is 5.26 Å². The van der Waals surface area contributed by atoms with Crippen molar-refractivity contribution in [1.29, 1.82) is 5.26 Å². The van der Waals surface area contributed by atoms with Crippen LogP contribution in [0.25, 0.3) is 0 Å². The lowest BCUT2D eigenvalue weighted by atomic mass is 9.70. The first kappa shape index (κ1) is 20.6. The van der Waals surface area contributed by atoms with Crippen LogP contribution in [-0.4, -0.2) is 12.1 Å². The van der Waals surface area contributed by atoms with E-state index in [1.54, 1.807) is 6.08 Å². The fourth-order valence-electron chi connectivity index (χ4n) is 5.08. The van der Waals surface area contributed by atoms with Crippen molar-refractivity contribution in [3.63, 3.8) is 0 Å². The van der Waals surface area contributed by atoms with Crippen molar-refractivity contribution in [1.82, 2.24) is 0 Å². The molecular formula is C25H33NO2. The average molecular weight is 380 g/mol. The Morgan fingerprint density at radius 3 is 2.21 bits per heavy atom. The van der Waals surface area contributed by atoms with E-state index < -0.39 is 0 Å². The summed E-state index contributed by atoms with van der Waals surface area (Å²) in [6, 6.07) is 10.2. The number of allylic oxidation sites excluding steroid dienone is 1. The molecular weight excluding hydrogens is 346 g/mol. The number of hydrogen-bond donors (Lipinski definition) is 0. The monoisotopic (exact) mass is 379 g/mol. The van der Waals surface area contributed by atoms with Crippen LogP contribution >= 0.6 is 0 Å². The molecule has 0 atom stereocenters. The van der Waals surface area contributed by atoms with Crippen molar-refractivity contribution in [2.24, 2.45) is 17.8 Å². The number of nitriles is 1. The molecule has 0 spiro atoms. The lowest BCUT2D eigenvalue weighted by Crippen LogP contribution is -2.29. The van der Waals surface area contributed by atoms with Gasteiger partial charge in [-0.25, -0.2) is 4.79 Å². The number of carbonyl (C=O) groups is 1. The Hall–Kier alpha value is -2.08. The number of aryl methyl sites for hydroxylation is 1. The van der Waals surface area contributed by atoms with E-state index in [9.17, 15) is 4.79 Å². The third-order valence-electron chi connectivity index (χ3n) is 6.79. The number of carbonyl (C=O) groups excluding carboxylic acids is 1. The zero-order chi connectivity index (χ0) is 19.8. The van der Waals surface area contributed by atoms with E-state index in [4.69, 9.17) is 10.00 Å². The van der Waals surface area contributed by atoms with Crippen LogP contribution in [0.3, 0.4) is 0 Å². The molecule has 2 fully saturated rings. The van der Waals surface area contributed by atoms with Crippen molar-refractivity contribution in [2.75, 3.05) is 0 Å². The van der Waals surface area contributed by atoms with E-state index in [2.05, 4.69) is 18.2 Å². The summed E-state index contributed by atoms with van der Waals surface area (Å²) in [5, 5.41) is 8.89. The van der Waals surface area contributed by atoms with Gasteiger partial charge in [0.25, 0.3) is 0 Å². The van der Waals surface area contributed by atoms with Gasteiger partial charge in [0, 0.05) is 6.08 Å². The summed E-state index contributed by atoms with van der Waals surface area (Å²) in [4.78, 5) is 11.6. The van der Waals surface area contributed by atoms with Crippen LogP contribution in [-0.2, 0) is 16.0 Å². The van der Waals surface area contributed by atoms with Crippen molar-refractivity contribution in [3.05, 3.63) is 47.5 Å². The maximum atomic E-state index is 11.6. The minimum atomic E-state index is -0.186. The lowest BCUT2D eigenvalue weighted by Gasteiger charge is -2.37. The first-order chi connectivity index (χ1) is 13.7. The quantitative estimate of drug-likeness (QED) is 0.451. The average Bonchev–Trinajstić information content (AvgIpc) is 2.74. The van der Waals surface area contributed by atoms with E-state index >= 15 is 0 Å². The Bertz CT molecular complexity index is 684. The Balaban J connectivity index is 1.35. The van der Waals surface area contributed by atoms with Crippen LogP contribution in [0.4, 0.5) is 0 Å². The van der Waals surface area contributed by atoms with Gasteiger partial charge in [-0.1, -0.05) is 31.1 Å². The highest BCUT2D eigenvalue weighted by Gasteiger charge is 2.31. The van der Waals surface area contributed by atoms with E-state index in [1.165, 1.54) is 56.6 Å². The molecule has 0 saturated heterocycles. The van der Waals surface area contributed by atoms with Crippen molar-refractivity contribution in [3.8, 4) is 6.07 Å². The predicted molar refractivity (Wildman–Crippen MR) is 112 cm³/mol. The Morgan fingerprint density at radius 2 is 1.64 bits per heavy atom. The molecule has 3 nitrogen and oxygen atoms in total. The van der Waals surface area contributed by atoms with Gasteiger partial charge in [-0.15, -0.1) is 0 Å². The van der Waals surface area contributed by atoms with E-state index in [0.29, 0.717) is 0 Å². The van der Waals surface area contributed by atoms with Crippen LogP contribution < -0.4 is 0 Å². The number of nitrogens with zero attached hydrogens (tertiary/aromatic N) is 1. The molecule has 0 bridgehead atoms. The van der Waals surface area contributed by atoms with Crippen LogP contribution in [0.5, 0.6) is 0 Å². The molecule has 2 aliphatic carbocycles. The lowest BCUT2D eigenvalue weighted by molar-refractivity contribution is -0.145. The molecule has 0 aliphatic heterocycles. The second-order valence-corrected chi connectivity index (χ2v) is 8.60. The molecule has 0 N–H and O–H groups in total. The Kier molecular flexibility index (Phi) is 7.71. The van der Waals surface area contributed by atoms with Crippen LogP contribution in [0, 0.1) is 29.1 Å². The van der Waals surface area contributed by atoms with Gasteiger partial charge < -0.3 is 4.74 Å². The number of ether oxygens (including phenoxy) is 1. The summed E-state index contributed by atoms with van der Waals surface area (Å²) < 4.78 is 5.53. The van der Waals surface area contributed by atoms with E-state index in [1.807, 2.05) is 19.1 Å². The van der Waals surface area contributed by atoms with Gasteiger partial charge in [-0.05, 0) is 93.7 Å². The van der Waals surface area contributed by atoms with Gasteiger partial charge in [0.15, 0.2) is 0 Å². The second kappa shape index (κ2) is 10.5. The minimum absolute atomic E-state index is 0.128. The predicted octanol–water partition coefficient (Wildman–Crippen LogP) is 5.98. The molecule has 2 saturated carbocycles. The molecule has 3 rings (SSSR count). The largest absolute Gasteiger partial charge is 0.459 e. The first-order valence-corrected chi connectivity index (χ1v) is 11.0. The summed E-state index contributed by atoms with van der Waals surface area (Å²) >= 11 is 0. The third-order valence-corrected chi connectivity index (χ3v) is 6.79. The molecule has 0 unspecified atom stereocenters. The molecule has 0 heterocycles. The molecule has 0 aromatic heterocycles. The zero-order valence-corrected chi connectivity index (χ0v) is 17.1. The summed E-state index contributed by atoms with van der Waals surface area (Å²) in [5.41, 5.74) is 2.10. The van der Waals surface area contributed by atoms with Gasteiger partial charge >= 0.3 is 5.97 Å². The van der Waals surface area contributed by atoms with Crippen molar-refractivity contribution in [2.45, 2.75) is 77.2 Å². The summed E-state index contributed by atoms with van der Waals surface area (Å²) in [6.07, 6.45) is 15.7. The smallest absolute Gasteiger partial charge is 0.330 e. The number of rotatable bonds is 6. The van der Waals surface area contributed by atoms with Crippen LogP contribution in [0.2, 0.25) is 0 Å². The fraction of sp³-hybridized carbons (Fsp3) is 0.600. The maximum absolute atomic E-state index is 11.6. The van der Waals surface area contributed by atoms with E-state index in [0.717, 1.165) is 42.6 Å². The molecule has 1 aromatic carbocycles. The normalized spacial score (nSPS) is 28.0. The summed E-state index contributed by atoms with van der Waals surface area (Å²) in [7, 11) is 0. The maximum Gasteiger partial charge on any atom is 0.330 e. The molecule has 0 amide bonds. The standard InChI is InChI=1S/C25H33NO2/c1-2-3-25(27)28-24-16-14-23(15-17-24)22-12-10-20(11-13-22)5-4-19-6-8-21(18-26)9-7-19/h2-3,6-9,20,22-24H,4-5,10-17H2,1H3/b3-2+. The zero-order valence-electron chi connectivity index (χ0n) is 17.1. The van der Waals surface area contributed by atoms with E-state index in [-0.39, 0.29) is 12.1 Å². The van der Waals surface area contributed by atoms with Crippen LogP contribution in [0.15, 0.2) is 36.4 Å². The van der Waals surface area contributed by atoms with Crippen molar-refractivity contribution >= 4 is 5.97 Å². The van der Waals surface area contributed by atoms with Gasteiger partial charge in [0.2, 0.25) is 0 Å². The molecule has 28 heavy (non-hydrogen) atoms. The fourth-order valence-corrected chi connectivity index (χ4v) is 5.08. The van der Waals surface area contributed by atoms with Gasteiger partial charge in [0.1, 0.15) is 6.10 Å². The number of benzene rings is 1. The first-order valence-electron chi connectivity index (χ1n) is 11.0. The highest BCUT2D eigenvalue weighted by atomic mass is 16.5. The molecule has 2 aliphatic rings. The topological polar surface area (TPSA) is 50.1 Å². The molecule has 0 radical (unpaired) electrons. The van der Waals surface area contributed by atoms with Crippen LogP contribution in [0.1, 0.15) is 75.8 Å². The highest BCUT2D eigenvalue weighted by Crippen LogP contribution is 2.41. The molecule has 1 aromatic rings. The van der Waals surface area contributed by atoms with Gasteiger partial charge in [0.05, 0.1) is 11.6 Å². The SMILES string of the molecule is C/C=C/C(=O)OC1CCC(C2CCC(CCc3ccc(C#N)cc3)CC2)CC1. The Morgan fingerprint density at radius 1 is 1.04 bits per heavy atom. The second-order valence-electron chi connectivity index (χ2n) is 8.60. The summed E-state index contributed by atoms with van der Waals surface area (Å²) in [5.74, 6) is 2.37. The summed E-state index contributed by atoms with van der Waals surface area (Å²) in [6.45, 7) is 1.85. The Labute approximate surface area is 169 Å².